The maximum absolute atomic E-state index is 9.47. The second-order valence-corrected chi connectivity index (χ2v) is 21.8. The van der Waals surface area contributed by atoms with E-state index in [2.05, 4.69) is 92.5 Å². The Kier molecular flexibility index (Phi) is 7.11. The normalized spacial score (nSPS) is 12.4. The molecule has 1 aliphatic carbocycles. The Morgan fingerprint density at radius 1 is 0.500 bits per heavy atom. The Labute approximate surface area is 240 Å². The molecule has 0 spiro atoms. The molecule has 0 unspecified atom stereocenters. The maximum atomic E-state index is 9.47. The van der Waals surface area contributed by atoms with Crippen molar-refractivity contribution in [1.82, 2.24) is 0 Å². The summed E-state index contributed by atoms with van der Waals surface area (Å²) in [5.41, 5.74) is 16.8. The van der Waals surface area contributed by atoms with Crippen LogP contribution in [-0.2, 0) is 0 Å². The lowest BCUT2D eigenvalue weighted by molar-refractivity contribution is 1.36. The number of fused-ring (bicyclic) bond motifs is 2. The van der Waals surface area contributed by atoms with Gasteiger partial charge in [0.2, 0.25) is 0 Å². The number of hydrogen-bond donors (Lipinski definition) is 2. The zero-order valence-corrected chi connectivity index (χ0v) is 26.1. The Hall–Kier alpha value is -4.23. The van der Waals surface area contributed by atoms with Crippen LogP contribution in [0.15, 0.2) is 84.9 Å². The summed E-state index contributed by atoms with van der Waals surface area (Å²) >= 11 is 0. The molecule has 0 heterocycles. The van der Waals surface area contributed by atoms with Gasteiger partial charge in [-0.15, -0.1) is 11.1 Å². The Morgan fingerprint density at radius 2 is 1.07 bits per heavy atom. The van der Waals surface area contributed by atoms with Crippen molar-refractivity contribution in [2.75, 3.05) is 0 Å². The summed E-state index contributed by atoms with van der Waals surface area (Å²) in [5.74, 6) is 6.94. The second kappa shape index (κ2) is 10.4. The van der Waals surface area contributed by atoms with E-state index in [0.29, 0.717) is 11.4 Å². The zero-order chi connectivity index (χ0) is 28.7. The van der Waals surface area contributed by atoms with E-state index in [4.69, 9.17) is 0 Å². The predicted octanol–water partition coefficient (Wildman–Crippen LogP) is 8.62. The van der Waals surface area contributed by atoms with Gasteiger partial charge in [-0.2, -0.15) is 0 Å². The van der Waals surface area contributed by atoms with Crippen molar-refractivity contribution in [1.29, 1.82) is 10.8 Å². The number of hydrogen-bond acceptors (Lipinski definition) is 2. The Balaban J connectivity index is 1.85. The van der Waals surface area contributed by atoms with Gasteiger partial charge in [-0.3, -0.25) is 10.8 Å². The minimum absolute atomic E-state index is 0.428. The molecular formula is C36H34N2Si2. The molecule has 4 aromatic carbocycles. The molecule has 0 fully saturated rings. The molecule has 5 rings (SSSR count). The van der Waals surface area contributed by atoms with Crippen LogP contribution in [0, 0.1) is 33.7 Å². The summed E-state index contributed by atoms with van der Waals surface area (Å²) in [6, 6.07) is 28.6. The van der Waals surface area contributed by atoms with Gasteiger partial charge in [-0.1, -0.05) is 118 Å². The first-order valence-corrected chi connectivity index (χ1v) is 20.6. The molecule has 0 atom stereocenters. The smallest absolute Gasteiger partial charge is 0.129 e. The van der Waals surface area contributed by atoms with Gasteiger partial charge in [-0.25, -0.2) is 0 Å². The molecule has 2 N–H and O–H groups in total. The number of nitrogens with one attached hydrogen (secondary N) is 2. The molecule has 196 valence electrons. The van der Waals surface area contributed by atoms with Crippen LogP contribution < -0.4 is 0 Å². The molecule has 0 aromatic heterocycles. The third-order valence-corrected chi connectivity index (χ3v) is 8.45. The highest BCUT2D eigenvalue weighted by Crippen LogP contribution is 2.41. The van der Waals surface area contributed by atoms with Crippen molar-refractivity contribution in [3.8, 4) is 45.2 Å². The molecule has 0 amide bonds. The van der Waals surface area contributed by atoms with Gasteiger partial charge in [0, 0.05) is 38.9 Å². The van der Waals surface area contributed by atoms with Crippen LogP contribution in [-0.4, -0.2) is 27.6 Å². The first-order valence-electron chi connectivity index (χ1n) is 13.6. The fraction of sp³-hybridized carbons (Fsp3) is 0.167. The minimum atomic E-state index is -1.71. The predicted molar refractivity (Wildman–Crippen MR) is 176 cm³/mol. The largest absolute Gasteiger partial charge is 0.300 e. The Morgan fingerprint density at radius 3 is 1.68 bits per heavy atom. The lowest BCUT2D eigenvalue weighted by Gasteiger charge is -2.27. The topological polar surface area (TPSA) is 47.7 Å². The highest BCUT2D eigenvalue weighted by atomic mass is 28.3. The monoisotopic (exact) mass is 550 g/mol. The van der Waals surface area contributed by atoms with Gasteiger partial charge in [0.15, 0.2) is 0 Å². The standard InChI is InChI=1S/C36H34N2Si2/c1-39(2,3)21-19-25-17-18-29-31(23-25)35(37)32-24-30(26-13-9-7-10-14-26)28(20-22-40(4,5)6)33(34(32)36(29)38)27-15-11-8-12-16-27/h7-18,23-24,37-38H,1-6H3. The summed E-state index contributed by atoms with van der Waals surface area (Å²) in [7, 11) is -3.25. The van der Waals surface area contributed by atoms with Gasteiger partial charge in [0.1, 0.15) is 16.1 Å². The molecule has 40 heavy (non-hydrogen) atoms. The van der Waals surface area contributed by atoms with Crippen molar-refractivity contribution in [2.45, 2.75) is 39.3 Å². The maximum Gasteiger partial charge on any atom is 0.129 e. The van der Waals surface area contributed by atoms with Crippen LogP contribution in [0.5, 0.6) is 0 Å². The zero-order valence-electron chi connectivity index (χ0n) is 24.1. The average molecular weight is 551 g/mol. The van der Waals surface area contributed by atoms with E-state index in [1.807, 2.05) is 54.6 Å². The molecule has 1 aliphatic rings. The van der Waals surface area contributed by atoms with Crippen LogP contribution in [0.3, 0.4) is 0 Å². The van der Waals surface area contributed by atoms with Gasteiger partial charge in [0.05, 0.1) is 11.4 Å². The fourth-order valence-electron chi connectivity index (χ4n) is 4.84. The van der Waals surface area contributed by atoms with Crippen LogP contribution in [0.4, 0.5) is 0 Å². The average Bonchev–Trinajstić information content (AvgIpc) is 2.93. The van der Waals surface area contributed by atoms with Gasteiger partial charge in [0.25, 0.3) is 0 Å². The lowest BCUT2D eigenvalue weighted by Crippen LogP contribution is -2.23. The lowest BCUT2D eigenvalue weighted by atomic mass is 9.75. The van der Waals surface area contributed by atoms with Crippen LogP contribution in [0.25, 0.3) is 22.3 Å². The summed E-state index contributed by atoms with van der Waals surface area (Å²) < 4.78 is 0. The van der Waals surface area contributed by atoms with Crippen molar-refractivity contribution in [2.24, 2.45) is 0 Å². The highest BCUT2D eigenvalue weighted by molar-refractivity contribution is 6.84. The van der Waals surface area contributed by atoms with Gasteiger partial charge in [-0.05, 0) is 34.9 Å². The molecule has 0 saturated heterocycles. The van der Waals surface area contributed by atoms with E-state index >= 15 is 0 Å². The van der Waals surface area contributed by atoms with Gasteiger partial charge < -0.3 is 0 Å². The minimum Gasteiger partial charge on any atom is -0.300 e. The summed E-state index contributed by atoms with van der Waals surface area (Å²) in [4.78, 5) is 0. The van der Waals surface area contributed by atoms with Crippen LogP contribution >= 0.6 is 0 Å². The van der Waals surface area contributed by atoms with Crippen molar-refractivity contribution >= 4 is 27.6 Å². The molecule has 0 saturated carbocycles. The second-order valence-electron chi connectivity index (χ2n) is 12.3. The molecule has 4 aromatic rings. The summed E-state index contributed by atoms with van der Waals surface area (Å²) in [6.07, 6.45) is 0. The summed E-state index contributed by atoms with van der Waals surface area (Å²) in [6.45, 7) is 13.4. The molecule has 0 bridgehead atoms. The summed E-state index contributed by atoms with van der Waals surface area (Å²) in [5, 5.41) is 18.9. The Bertz CT molecular complexity index is 1780. The van der Waals surface area contributed by atoms with E-state index in [1.54, 1.807) is 0 Å². The highest BCUT2D eigenvalue weighted by Gasteiger charge is 2.31. The van der Waals surface area contributed by atoms with Crippen molar-refractivity contribution < 1.29 is 0 Å². The van der Waals surface area contributed by atoms with E-state index in [1.165, 1.54) is 0 Å². The van der Waals surface area contributed by atoms with Crippen LogP contribution in [0.1, 0.15) is 33.4 Å². The van der Waals surface area contributed by atoms with Crippen molar-refractivity contribution in [3.05, 3.63) is 118 Å². The SMILES string of the molecule is C[Si](C)(C)C#Cc1ccc2c(c1)C(=N)c1cc(-c3ccccc3)c(C#C[Si](C)(C)C)c(-c3ccccc3)c1C2=N. The quantitative estimate of drug-likeness (QED) is 0.163. The van der Waals surface area contributed by atoms with Crippen molar-refractivity contribution in [3.63, 3.8) is 0 Å². The van der Waals surface area contributed by atoms with E-state index in [0.717, 1.165) is 55.6 Å². The molecule has 2 nitrogen and oxygen atoms in total. The number of rotatable bonds is 2. The van der Waals surface area contributed by atoms with Crippen LogP contribution in [0.2, 0.25) is 39.3 Å². The van der Waals surface area contributed by atoms with E-state index in [-0.39, 0.29) is 0 Å². The fourth-order valence-corrected chi connectivity index (χ4v) is 5.86. The van der Waals surface area contributed by atoms with E-state index < -0.39 is 16.1 Å². The van der Waals surface area contributed by atoms with E-state index in [9.17, 15) is 10.8 Å². The number of benzene rings is 4. The molecule has 0 aliphatic heterocycles. The third-order valence-electron chi connectivity index (χ3n) is 6.70. The third kappa shape index (κ3) is 5.56. The van der Waals surface area contributed by atoms with Gasteiger partial charge >= 0.3 is 0 Å². The molecular weight excluding hydrogens is 517 g/mol. The molecule has 4 heteroatoms. The molecule has 0 radical (unpaired) electrons. The first kappa shape index (κ1) is 27.3. The first-order chi connectivity index (χ1) is 18.9.